The first kappa shape index (κ1) is 10.6. The molecule has 1 saturated heterocycles. The van der Waals surface area contributed by atoms with Crippen LogP contribution in [0, 0.1) is 5.92 Å². The fourth-order valence-corrected chi connectivity index (χ4v) is 2.50. The molecule has 1 atom stereocenters. The van der Waals surface area contributed by atoms with Crippen molar-refractivity contribution in [2.75, 3.05) is 19.6 Å². The van der Waals surface area contributed by atoms with Crippen molar-refractivity contribution >= 4 is 17.2 Å². The predicted octanol–water partition coefficient (Wildman–Crippen LogP) is 1.02. The zero-order valence-corrected chi connectivity index (χ0v) is 9.48. The van der Waals surface area contributed by atoms with Crippen LogP contribution in [-0.2, 0) is 11.2 Å². The van der Waals surface area contributed by atoms with E-state index < -0.39 is 0 Å². The lowest BCUT2D eigenvalue weighted by Crippen LogP contribution is -2.33. The summed E-state index contributed by atoms with van der Waals surface area (Å²) in [5.74, 6) is 0.393. The fourth-order valence-electron chi connectivity index (χ4n) is 1.79. The summed E-state index contributed by atoms with van der Waals surface area (Å²) in [7, 11) is 0. The number of carbonyl (C=O) groups is 1. The summed E-state index contributed by atoms with van der Waals surface area (Å²) in [6.07, 6.45) is 1.92. The number of nitrogens with one attached hydrogen (secondary N) is 2. The highest BCUT2D eigenvalue weighted by molar-refractivity contribution is 7.09. The maximum Gasteiger partial charge on any atom is 0.224 e. The van der Waals surface area contributed by atoms with E-state index in [-0.39, 0.29) is 11.8 Å². The SMILES string of the molecule is O=C(NCCc1cccs1)[C@@H]1CCNC1. The fraction of sp³-hybridized carbons (Fsp3) is 0.545. The maximum absolute atomic E-state index is 11.6. The van der Waals surface area contributed by atoms with E-state index in [0.717, 1.165) is 32.5 Å². The number of thiophene rings is 1. The third-order valence-corrected chi connectivity index (χ3v) is 3.62. The lowest BCUT2D eigenvalue weighted by molar-refractivity contribution is -0.124. The number of amides is 1. The first-order valence-electron chi connectivity index (χ1n) is 5.37. The molecule has 2 N–H and O–H groups in total. The van der Waals surface area contributed by atoms with E-state index in [2.05, 4.69) is 22.1 Å². The van der Waals surface area contributed by atoms with Gasteiger partial charge in [-0.1, -0.05) is 6.07 Å². The van der Waals surface area contributed by atoms with E-state index in [1.54, 1.807) is 11.3 Å². The van der Waals surface area contributed by atoms with Crippen LogP contribution in [0.25, 0.3) is 0 Å². The van der Waals surface area contributed by atoms with Gasteiger partial charge in [0.25, 0.3) is 0 Å². The minimum absolute atomic E-state index is 0.188. The lowest BCUT2D eigenvalue weighted by atomic mass is 10.1. The summed E-state index contributed by atoms with van der Waals surface area (Å²) in [6.45, 7) is 2.57. The molecule has 15 heavy (non-hydrogen) atoms. The van der Waals surface area contributed by atoms with Gasteiger partial charge in [-0.25, -0.2) is 0 Å². The van der Waals surface area contributed by atoms with Crippen molar-refractivity contribution in [3.05, 3.63) is 22.4 Å². The second-order valence-corrected chi connectivity index (χ2v) is 4.84. The molecule has 1 aromatic heterocycles. The predicted molar refractivity (Wildman–Crippen MR) is 62.0 cm³/mol. The Balaban J connectivity index is 1.67. The summed E-state index contributed by atoms with van der Waals surface area (Å²) >= 11 is 1.74. The van der Waals surface area contributed by atoms with Crippen molar-refractivity contribution in [3.63, 3.8) is 0 Å². The van der Waals surface area contributed by atoms with Crippen molar-refractivity contribution in [1.82, 2.24) is 10.6 Å². The van der Waals surface area contributed by atoms with E-state index >= 15 is 0 Å². The van der Waals surface area contributed by atoms with Gasteiger partial charge < -0.3 is 10.6 Å². The molecule has 1 aliphatic heterocycles. The zero-order valence-electron chi connectivity index (χ0n) is 8.66. The number of hydrogen-bond donors (Lipinski definition) is 2. The Morgan fingerprint density at radius 2 is 2.60 bits per heavy atom. The Bertz CT molecular complexity index is 304. The van der Waals surface area contributed by atoms with Gasteiger partial charge in [0, 0.05) is 18.0 Å². The van der Waals surface area contributed by atoms with Crippen LogP contribution in [0.5, 0.6) is 0 Å². The van der Waals surface area contributed by atoms with Crippen molar-refractivity contribution < 1.29 is 4.79 Å². The maximum atomic E-state index is 11.6. The molecule has 0 bridgehead atoms. The van der Waals surface area contributed by atoms with Gasteiger partial charge in [0.1, 0.15) is 0 Å². The molecule has 3 nitrogen and oxygen atoms in total. The van der Waals surface area contributed by atoms with Gasteiger partial charge in [0.15, 0.2) is 0 Å². The van der Waals surface area contributed by atoms with Gasteiger partial charge in [-0.3, -0.25) is 4.79 Å². The minimum Gasteiger partial charge on any atom is -0.355 e. The highest BCUT2D eigenvalue weighted by Gasteiger charge is 2.21. The smallest absolute Gasteiger partial charge is 0.224 e. The molecular formula is C11H16N2OS. The highest BCUT2D eigenvalue weighted by atomic mass is 32.1. The van der Waals surface area contributed by atoms with Crippen molar-refractivity contribution in [3.8, 4) is 0 Å². The van der Waals surface area contributed by atoms with Crippen LogP contribution in [0.4, 0.5) is 0 Å². The second-order valence-electron chi connectivity index (χ2n) is 3.81. The Labute approximate surface area is 93.9 Å². The summed E-state index contributed by atoms with van der Waals surface area (Å²) < 4.78 is 0. The molecule has 1 fully saturated rings. The van der Waals surface area contributed by atoms with Gasteiger partial charge in [0.2, 0.25) is 5.91 Å². The van der Waals surface area contributed by atoms with E-state index in [9.17, 15) is 4.79 Å². The van der Waals surface area contributed by atoms with Crippen molar-refractivity contribution in [2.45, 2.75) is 12.8 Å². The van der Waals surface area contributed by atoms with Crippen molar-refractivity contribution in [2.24, 2.45) is 5.92 Å². The molecule has 0 saturated carbocycles. The molecule has 0 aromatic carbocycles. The van der Waals surface area contributed by atoms with Crippen molar-refractivity contribution in [1.29, 1.82) is 0 Å². The Hall–Kier alpha value is -0.870. The largest absolute Gasteiger partial charge is 0.355 e. The molecule has 4 heteroatoms. The lowest BCUT2D eigenvalue weighted by Gasteiger charge is -2.08. The monoisotopic (exact) mass is 224 g/mol. The molecule has 0 unspecified atom stereocenters. The van der Waals surface area contributed by atoms with Gasteiger partial charge in [0.05, 0.1) is 5.92 Å². The summed E-state index contributed by atoms with van der Waals surface area (Å²) in [5.41, 5.74) is 0. The molecule has 82 valence electrons. The summed E-state index contributed by atoms with van der Waals surface area (Å²) in [4.78, 5) is 13.0. The van der Waals surface area contributed by atoms with E-state index in [1.807, 2.05) is 6.07 Å². The van der Waals surface area contributed by atoms with Crippen LogP contribution >= 0.6 is 11.3 Å². The van der Waals surface area contributed by atoms with Crippen LogP contribution < -0.4 is 10.6 Å². The van der Waals surface area contributed by atoms with Crippen LogP contribution in [0.3, 0.4) is 0 Å². The third-order valence-electron chi connectivity index (χ3n) is 2.68. The molecule has 0 spiro atoms. The van der Waals surface area contributed by atoms with E-state index in [1.165, 1.54) is 4.88 Å². The Kier molecular flexibility index (Phi) is 3.75. The molecule has 0 radical (unpaired) electrons. The standard InChI is InChI=1S/C11H16N2OS/c14-11(9-3-5-12-8-9)13-6-4-10-2-1-7-15-10/h1-2,7,9,12H,3-6,8H2,(H,13,14)/t9-/m1/s1. The van der Waals surface area contributed by atoms with Gasteiger partial charge >= 0.3 is 0 Å². The number of carbonyl (C=O) groups excluding carboxylic acids is 1. The molecule has 1 aromatic rings. The highest BCUT2D eigenvalue weighted by Crippen LogP contribution is 2.09. The van der Waals surface area contributed by atoms with Crippen LogP contribution in [0.15, 0.2) is 17.5 Å². The molecule has 1 amide bonds. The van der Waals surface area contributed by atoms with E-state index in [0.29, 0.717) is 0 Å². The first-order chi connectivity index (χ1) is 7.36. The first-order valence-corrected chi connectivity index (χ1v) is 6.25. The second kappa shape index (κ2) is 5.28. The average molecular weight is 224 g/mol. The zero-order chi connectivity index (χ0) is 10.5. The van der Waals surface area contributed by atoms with Gasteiger partial charge in [-0.2, -0.15) is 0 Å². The summed E-state index contributed by atoms with van der Waals surface area (Å²) in [6, 6.07) is 4.15. The van der Waals surface area contributed by atoms with Gasteiger partial charge in [-0.15, -0.1) is 11.3 Å². The minimum atomic E-state index is 0.188. The number of hydrogen-bond acceptors (Lipinski definition) is 3. The molecule has 0 aliphatic carbocycles. The van der Waals surface area contributed by atoms with Crippen LogP contribution in [0.2, 0.25) is 0 Å². The topological polar surface area (TPSA) is 41.1 Å². The normalized spacial score (nSPS) is 20.4. The average Bonchev–Trinajstić information content (AvgIpc) is 2.90. The Morgan fingerprint density at radius 1 is 1.67 bits per heavy atom. The quantitative estimate of drug-likeness (QED) is 0.801. The summed E-state index contributed by atoms with van der Waals surface area (Å²) in [5, 5.41) is 8.26. The third kappa shape index (κ3) is 3.04. The molecular weight excluding hydrogens is 208 g/mol. The molecule has 2 rings (SSSR count). The molecule has 1 aliphatic rings. The van der Waals surface area contributed by atoms with Gasteiger partial charge in [-0.05, 0) is 30.8 Å². The van der Waals surface area contributed by atoms with Crippen LogP contribution in [-0.4, -0.2) is 25.5 Å². The number of rotatable bonds is 4. The van der Waals surface area contributed by atoms with E-state index in [4.69, 9.17) is 0 Å². The molecule has 2 heterocycles. The Morgan fingerprint density at radius 3 is 3.27 bits per heavy atom. The van der Waals surface area contributed by atoms with Crippen LogP contribution in [0.1, 0.15) is 11.3 Å².